The average molecular weight is 467 g/mol. The van der Waals surface area contributed by atoms with Crippen LogP contribution in [0.4, 0.5) is 39.5 Å². The smallest absolute Gasteiger partial charge is 0.406 e. The van der Waals surface area contributed by atoms with Crippen molar-refractivity contribution in [3.63, 3.8) is 0 Å². The van der Waals surface area contributed by atoms with E-state index in [4.69, 9.17) is 0 Å². The van der Waals surface area contributed by atoms with E-state index in [1.165, 1.54) is 12.1 Å². The lowest BCUT2D eigenvalue weighted by atomic mass is 10.0. The van der Waals surface area contributed by atoms with E-state index >= 15 is 0 Å². The van der Waals surface area contributed by atoms with Crippen molar-refractivity contribution in [2.24, 2.45) is 0 Å². The largest absolute Gasteiger partial charge is 0.573 e. The predicted octanol–water partition coefficient (Wildman–Crippen LogP) is 7.23. The van der Waals surface area contributed by atoms with Crippen LogP contribution < -0.4 is 9.47 Å². The molecule has 0 bridgehead atoms. The van der Waals surface area contributed by atoms with Crippen molar-refractivity contribution in [2.45, 2.75) is 18.9 Å². The van der Waals surface area contributed by atoms with Crippen molar-refractivity contribution >= 4 is 0 Å². The van der Waals surface area contributed by atoms with Gasteiger partial charge in [0, 0.05) is 11.1 Å². The highest BCUT2D eigenvalue weighted by Gasteiger charge is 2.35. The van der Waals surface area contributed by atoms with Gasteiger partial charge in [0.05, 0.1) is 17.0 Å². The number of hydrogen-bond acceptors (Lipinski definition) is 3. The zero-order valence-electron chi connectivity index (χ0n) is 15.4. The first kappa shape index (κ1) is 23.2. The third-order valence-electron chi connectivity index (χ3n) is 3.95. The Morgan fingerprint density at radius 3 is 1.38 bits per heavy atom. The number of aromatic nitrogens is 1. The SMILES string of the molecule is FC(F)(F)Oc1ccc(-c2ccc(C(F)(F)F)c(-c3ccc(OC(F)(F)F)cc3)n2)cc1. The normalized spacial score (nSPS) is 12.5. The van der Waals surface area contributed by atoms with E-state index < -0.39 is 41.7 Å². The molecule has 32 heavy (non-hydrogen) atoms. The fourth-order valence-corrected chi connectivity index (χ4v) is 2.71. The van der Waals surface area contributed by atoms with Gasteiger partial charge in [0.15, 0.2) is 0 Å². The first-order valence-corrected chi connectivity index (χ1v) is 8.52. The van der Waals surface area contributed by atoms with Gasteiger partial charge in [-0.25, -0.2) is 4.98 Å². The highest BCUT2D eigenvalue weighted by atomic mass is 19.4. The van der Waals surface area contributed by atoms with Gasteiger partial charge in [-0.05, 0) is 60.7 Å². The van der Waals surface area contributed by atoms with Gasteiger partial charge in [-0.3, -0.25) is 0 Å². The maximum absolute atomic E-state index is 13.4. The molecular formula is C20H10F9NO2. The lowest BCUT2D eigenvalue weighted by Crippen LogP contribution is -2.17. The van der Waals surface area contributed by atoms with Gasteiger partial charge in [0.25, 0.3) is 0 Å². The van der Waals surface area contributed by atoms with E-state index in [1.54, 1.807) is 0 Å². The number of ether oxygens (including phenoxy) is 2. The monoisotopic (exact) mass is 467 g/mol. The fourth-order valence-electron chi connectivity index (χ4n) is 2.71. The van der Waals surface area contributed by atoms with Gasteiger partial charge in [0.1, 0.15) is 11.5 Å². The van der Waals surface area contributed by atoms with Crippen LogP contribution >= 0.6 is 0 Å². The molecule has 0 aliphatic carbocycles. The highest BCUT2D eigenvalue weighted by Crippen LogP contribution is 2.38. The molecule has 0 spiro atoms. The maximum Gasteiger partial charge on any atom is 0.573 e. The minimum Gasteiger partial charge on any atom is -0.406 e. The minimum absolute atomic E-state index is 0.0119. The first-order chi connectivity index (χ1) is 14.7. The molecule has 0 saturated heterocycles. The molecule has 0 unspecified atom stereocenters. The Labute approximate surface area is 174 Å². The second-order valence-electron chi connectivity index (χ2n) is 6.23. The summed E-state index contributed by atoms with van der Waals surface area (Å²) in [5.41, 5.74) is -1.70. The number of benzene rings is 2. The van der Waals surface area contributed by atoms with Crippen molar-refractivity contribution in [1.82, 2.24) is 4.98 Å². The molecule has 3 nitrogen and oxygen atoms in total. The van der Waals surface area contributed by atoms with Crippen molar-refractivity contribution in [1.29, 1.82) is 0 Å². The minimum atomic E-state index is -4.97. The van der Waals surface area contributed by atoms with Crippen LogP contribution in [0.2, 0.25) is 0 Å². The zero-order chi connectivity index (χ0) is 23.7. The molecule has 0 aliphatic heterocycles. The fraction of sp³-hybridized carbons (Fsp3) is 0.150. The average Bonchev–Trinajstić information content (AvgIpc) is 2.65. The summed E-state index contributed by atoms with van der Waals surface area (Å²) in [4.78, 5) is 3.94. The summed E-state index contributed by atoms with van der Waals surface area (Å²) in [5, 5.41) is 0. The van der Waals surface area contributed by atoms with Crippen molar-refractivity contribution < 1.29 is 49.0 Å². The van der Waals surface area contributed by atoms with E-state index in [0.29, 0.717) is 0 Å². The molecule has 0 amide bonds. The number of hydrogen-bond donors (Lipinski definition) is 0. The summed E-state index contributed by atoms with van der Waals surface area (Å²) in [5.74, 6) is -1.17. The van der Waals surface area contributed by atoms with Gasteiger partial charge < -0.3 is 9.47 Å². The van der Waals surface area contributed by atoms with Gasteiger partial charge in [-0.2, -0.15) is 13.2 Å². The van der Waals surface area contributed by atoms with Crippen LogP contribution in [-0.2, 0) is 6.18 Å². The standard InChI is InChI=1S/C20H10F9NO2/c21-18(22,23)15-9-10-16(11-1-5-13(6-2-11)31-19(24,25)26)30-17(15)12-3-7-14(8-4-12)32-20(27,28)29/h1-10H. The Balaban J connectivity index is 1.99. The molecule has 12 heteroatoms. The molecule has 0 saturated carbocycles. The number of pyridine rings is 1. The van der Waals surface area contributed by atoms with Crippen molar-refractivity contribution in [3.8, 4) is 34.0 Å². The summed E-state index contributed by atoms with van der Waals surface area (Å²) in [6.07, 6.45) is -14.7. The van der Waals surface area contributed by atoms with E-state index in [9.17, 15) is 39.5 Å². The van der Waals surface area contributed by atoms with E-state index in [-0.39, 0.29) is 16.8 Å². The van der Waals surface area contributed by atoms with Crippen LogP contribution in [0, 0.1) is 0 Å². The highest BCUT2D eigenvalue weighted by molar-refractivity contribution is 5.70. The molecule has 0 atom stereocenters. The third-order valence-corrected chi connectivity index (χ3v) is 3.95. The van der Waals surface area contributed by atoms with Gasteiger partial charge in [-0.1, -0.05) is 0 Å². The molecular weight excluding hydrogens is 457 g/mol. The molecule has 0 fully saturated rings. The molecule has 3 aromatic rings. The van der Waals surface area contributed by atoms with Crippen LogP contribution in [-0.4, -0.2) is 17.7 Å². The number of alkyl halides is 9. The Morgan fingerprint density at radius 2 is 0.969 bits per heavy atom. The van der Waals surface area contributed by atoms with Gasteiger partial charge in [0.2, 0.25) is 0 Å². The quantitative estimate of drug-likeness (QED) is 0.380. The number of rotatable bonds is 4. The van der Waals surface area contributed by atoms with E-state index in [0.717, 1.165) is 48.5 Å². The van der Waals surface area contributed by atoms with Crippen LogP contribution in [0.25, 0.3) is 22.5 Å². The first-order valence-electron chi connectivity index (χ1n) is 8.52. The third kappa shape index (κ3) is 6.05. The Morgan fingerprint density at radius 1 is 0.531 bits per heavy atom. The molecule has 1 heterocycles. The number of nitrogens with zero attached hydrogens (tertiary/aromatic N) is 1. The number of halogens is 9. The van der Waals surface area contributed by atoms with Crippen LogP contribution in [0.15, 0.2) is 60.7 Å². The van der Waals surface area contributed by atoms with Gasteiger partial charge >= 0.3 is 18.9 Å². The Bertz CT molecular complexity index is 1070. The molecule has 2 aromatic carbocycles. The second kappa shape index (κ2) is 8.24. The lowest BCUT2D eigenvalue weighted by Gasteiger charge is -2.15. The van der Waals surface area contributed by atoms with Crippen molar-refractivity contribution in [2.75, 3.05) is 0 Å². The summed E-state index contributed by atoms with van der Waals surface area (Å²) in [7, 11) is 0. The maximum atomic E-state index is 13.4. The summed E-state index contributed by atoms with van der Waals surface area (Å²) >= 11 is 0. The van der Waals surface area contributed by atoms with Gasteiger partial charge in [-0.15, -0.1) is 26.3 Å². The van der Waals surface area contributed by atoms with E-state index in [2.05, 4.69) is 14.5 Å². The summed E-state index contributed by atoms with van der Waals surface area (Å²) in [6.45, 7) is 0. The molecule has 0 N–H and O–H groups in total. The van der Waals surface area contributed by atoms with Crippen molar-refractivity contribution in [3.05, 3.63) is 66.2 Å². The van der Waals surface area contributed by atoms with Crippen LogP contribution in [0.3, 0.4) is 0 Å². The summed E-state index contributed by atoms with van der Waals surface area (Å²) < 4.78 is 121. The lowest BCUT2D eigenvalue weighted by molar-refractivity contribution is -0.275. The zero-order valence-corrected chi connectivity index (χ0v) is 15.4. The topological polar surface area (TPSA) is 31.4 Å². The summed E-state index contributed by atoms with van der Waals surface area (Å²) in [6, 6.07) is 9.62. The Hall–Kier alpha value is -3.44. The van der Waals surface area contributed by atoms with Crippen LogP contribution in [0.5, 0.6) is 11.5 Å². The Kier molecular flexibility index (Phi) is 5.98. The predicted molar refractivity (Wildman–Crippen MR) is 93.5 cm³/mol. The molecule has 0 aliphatic rings. The second-order valence-corrected chi connectivity index (χ2v) is 6.23. The van der Waals surface area contributed by atoms with Crippen LogP contribution in [0.1, 0.15) is 5.56 Å². The van der Waals surface area contributed by atoms with E-state index in [1.807, 2.05) is 0 Å². The molecule has 1 aromatic heterocycles. The molecule has 0 radical (unpaired) electrons. The molecule has 170 valence electrons. The molecule has 3 rings (SSSR count).